The van der Waals surface area contributed by atoms with Gasteiger partial charge >= 0.3 is 6.18 Å². The second-order valence-electron chi connectivity index (χ2n) is 2.56. The Morgan fingerprint density at radius 1 is 1.31 bits per heavy atom. The van der Waals surface area contributed by atoms with Crippen LogP contribution in [0.25, 0.3) is 0 Å². The van der Waals surface area contributed by atoms with Gasteiger partial charge in [0.15, 0.2) is 0 Å². The van der Waals surface area contributed by atoms with Gasteiger partial charge in [0.1, 0.15) is 0 Å². The zero-order chi connectivity index (χ0) is 10.2. The molecule has 72 valence electrons. The van der Waals surface area contributed by atoms with Gasteiger partial charge in [-0.25, -0.2) is 0 Å². The van der Waals surface area contributed by atoms with E-state index in [0.717, 1.165) is 12.1 Å². The molecule has 0 saturated carbocycles. The van der Waals surface area contributed by atoms with Gasteiger partial charge in [-0.1, -0.05) is 27.5 Å². The van der Waals surface area contributed by atoms with E-state index >= 15 is 0 Å². The standard InChI is InChI=1S/C8H5BrClF3/c1-4-6(9)2-5(3-7(4)10)8(11,12)13/h2-3H,1H3. The number of benzene rings is 1. The number of hydrogen-bond donors (Lipinski definition) is 0. The molecule has 0 unspecified atom stereocenters. The van der Waals surface area contributed by atoms with Crippen LogP contribution in [0.2, 0.25) is 5.02 Å². The van der Waals surface area contributed by atoms with E-state index in [-0.39, 0.29) is 5.02 Å². The molecule has 0 bridgehead atoms. The predicted octanol–water partition coefficient (Wildman–Crippen LogP) is 4.43. The van der Waals surface area contributed by atoms with Crippen LogP contribution in [0.3, 0.4) is 0 Å². The van der Waals surface area contributed by atoms with Crippen molar-refractivity contribution in [2.75, 3.05) is 0 Å². The van der Waals surface area contributed by atoms with Crippen molar-refractivity contribution in [3.05, 3.63) is 32.8 Å². The van der Waals surface area contributed by atoms with Gasteiger partial charge in [-0.15, -0.1) is 0 Å². The highest BCUT2D eigenvalue weighted by molar-refractivity contribution is 9.10. The highest BCUT2D eigenvalue weighted by Crippen LogP contribution is 2.35. The molecule has 1 aromatic rings. The van der Waals surface area contributed by atoms with E-state index in [4.69, 9.17) is 11.6 Å². The molecular weight excluding hydrogens is 268 g/mol. The van der Waals surface area contributed by atoms with Gasteiger partial charge in [-0.2, -0.15) is 13.2 Å². The van der Waals surface area contributed by atoms with E-state index in [0.29, 0.717) is 10.0 Å². The van der Waals surface area contributed by atoms with Gasteiger partial charge in [0.05, 0.1) is 5.56 Å². The molecule has 5 heteroatoms. The minimum absolute atomic E-state index is 0.113. The number of rotatable bonds is 0. The predicted molar refractivity (Wildman–Crippen MR) is 48.9 cm³/mol. The van der Waals surface area contributed by atoms with Gasteiger partial charge < -0.3 is 0 Å². The van der Waals surface area contributed by atoms with Gasteiger partial charge in [0.25, 0.3) is 0 Å². The topological polar surface area (TPSA) is 0 Å². The summed E-state index contributed by atoms with van der Waals surface area (Å²) in [5, 5.41) is 0.113. The third-order valence-corrected chi connectivity index (χ3v) is 2.82. The van der Waals surface area contributed by atoms with E-state index in [1.807, 2.05) is 0 Å². The second kappa shape index (κ2) is 3.50. The molecule has 0 amide bonds. The normalized spacial score (nSPS) is 11.8. The van der Waals surface area contributed by atoms with E-state index in [1.165, 1.54) is 0 Å². The molecule has 0 aromatic heterocycles. The van der Waals surface area contributed by atoms with Gasteiger partial charge in [-0.3, -0.25) is 0 Å². The Bertz CT molecular complexity index is 310. The largest absolute Gasteiger partial charge is 0.416 e. The summed E-state index contributed by atoms with van der Waals surface area (Å²) in [5.74, 6) is 0. The van der Waals surface area contributed by atoms with Crippen molar-refractivity contribution in [1.82, 2.24) is 0 Å². The molecule has 0 atom stereocenters. The van der Waals surface area contributed by atoms with Gasteiger partial charge in [0.2, 0.25) is 0 Å². The van der Waals surface area contributed by atoms with Crippen LogP contribution in [-0.4, -0.2) is 0 Å². The van der Waals surface area contributed by atoms with Crippen molar-refractivity contribution >= 4 is 27.5 Å². The van der Waals surface area contributed by atoms with Gasteiger partial charge in [0, 0.05) is 9.50 Å². The van der Waals surface area contributed by atoms with Crippen molar-refractivity contribution in [3.63, 3.8) is 0 Å². The van der Waals surface area contributed by atoms with Crippen LogP contribution in [-0.2, 0) is 6.18 Å². The third-order valence-electron chi connectivity index (χ3n) is 1.61. The molecular formula is C8H5BrClF3. The summed E-state index contributed by atoms with van der Waals surface area (Å²) in [7, 11) is 0. The molecule has 0 aliphatic heterocycles. The van der Waals surface area contributed by atoms with Gasteiger partial charge in [-0.05, 0) is 24.6 Å². The molecule has 1 rings (SSSR count). The van der Waals surface area contributed by atoms with E-state index < -0.39 is 11.7 Å². The molecule has 0 spiro atoms. The Kier molecular flexibility index (Phi) is 2.92. The summed E-state index contributed by atoms with van der Waals surface area (Å²) in [5.41, 5.74) is -0.135. The monoisotopic (exact) mass is 272 g/mol. The Hall–Kier alpha value is -0.220. The van der Waals surface area contributed by atoms with Crippen molar-refractivity contribution in [3.8, 4) is 0 Å². The van der Waals surface area contributed by atoms with Crippen molar-refractivity contribution in [2.24, 2.45) is 0 Å². The summed E-state index contributed by atoms with van der Waals surface area (Å²) >= 11 is 8.60. The van der Waals surface area contributed by atoms with Crippen molar-refractivity contribution in [2.45, 2.75) is 13.1 Å². The van der Waals surface area contributed by atoms with E-state index in [1.54, 1.807) is 6.92 Å². The average Bonchev–Trinajstić information content (AvgIpc) is 1.97. The average molecular weight is 273 g/mol. The highest BCUT2D eigenvalue weighted by atomic mass is 79.9. The fourth-order valence-corrected chi connectivity index (χ4v) is 1.60. The fourth-order valence-electron chi connectivity index (χ4n) is 0.809. The highest BCUT2D eigenvalue weighted by Gasteiger charge is 2.31. The Labute approximate surface area is 86.8 Å². The molecule has 0 N–H and O–H groups in total. The molecule has 0 aliphatic carbocycles. The lowest BCUT2D eigenvalue weighted by molar-refractivity contribution is -0.137. The van der Waals surface area contributed by atoms with Crippen LogP contribution >= 0.6 is 27.5 Å². The fraction of sp³-hybridized carbons (Fsp3) is 0.250. The molecule has 0 aliphatic rings. The summed E-state index contributed by atoms with van der Waals surface area (Å²) in [4.78, 5) is 0. The maximum atomic E-state index is 12.2. The Morgan fingerprint density at radius 2 is 1.85 bits per heavy atom. The first-order valence-electron chi connectivity index (χ1n) is 3.35. The first-order chi connectivity index (χ1) is 5.82. The first-order valence-corrected chi connectivity index (χ1v) is 4.52. The molecule has 0 radical (unpaired) electrons. The molecule has 0 nitrogen and oxygen atoms in total. The molecule has 0 heterocycles. The number of alkyl halides is 3. The maximum Gasteiger partial charge on any atom is 0.416 e. The number of hydrogen-bond acceptors (Lipinski definition) is 0. The van der Waals surface area contributed by atoms with Crippen LogP contribution in [0.1, 0.15) is 11.1 Å². The van der Waals surface area contributed by atoms with Crippen LogP contribution in [0.5, 0.6) is 0 Å². The molecule has 13 heavy (non-hydrogen) atoms. The smallest absolute Gasteiger partial charge is 0.166 e. The maximum absolute atomic E-state index is 12.2. The van der Waals surface area contributed by atoms with E-state index in [9.17, 15) is 13.2 Å². The van der Waals surface area contributed by atoms with Crippen molar-refractivity contribution < 1.29 is 13.2 Å². The summed E-state index contributed by atoms with van der Waals surface area (Å²) in [6, 6.07) is 1.93. The van der Waals surface area contributed by atoms with Crippen molar-refractivity contribution in [1.29, 1.82) is 0 Å². The van der Waals surface area contributed by atoms with Crippen LogP contribution in [0, 0.1) is 6.92 Å². The molecule has 1 aromatic carbocycles. The summed E-state index contributed by atoms with van der Waals surface area (Å²) in [6.07, 6.45) is -4.35. The Balaban J connectivity index is 3.29. The summed E-state index contributed by atoms with van der Waals surface area (Å²) in [6.45, 7) is 1.65. The second-order valence-corrected chi connectivity index (χ2v) is 3.82. The van der Waals surface area contributed by atoms with Crippen LogP contribution < -0.4 is 0 Å². The third kappa shape index (κ3) is 2.38. The lowest BCUT2D eigenvalue weighted by Crippen LogP contribution is -2.05. The summed E-state index contributed by atoms with van der Waals surface area (Å²) < 4.78 is 37.0. The quantitative estimate of drug-likeness (QED) is 0.656. The van der Waals surface area contributed by atoms with Crippen LogP contribution in [0.15, 0.2) is 16.6 Å². The minimum atomic E-state index is -4.35. The van der Waals surface area contributed by atoms with Crippen LogP contribution in [0.4, 0.5) is 13.2 Å². The zero-order valence-electron chi connectivity index (χ0n) is 6.54. The first kappa shape index (κ1) is 10.9. The molecule has 0 fully saturated rings. The molecule has 0 saturated heterocycles. The minimum Gasteiger partial charge on any atom is -0.166 e. The lowest BCUT2D eigenvalue weighted by Gasteiger charge is -2.09. The lowest BCUT2D eigenvalue weighted by atomic mass is 10.1. The Morgan fingerprint density at radius 3 is 2.23 bits per heavy atom. The SMILES string of the molecule is Cc1c(Cl)cc(C(F)(F)F)cc1Br. The van der Waals surface area contributed by atoms with E-state index in [2.05, 4.69) is 15.9 Å². The number of halogens is 5. The zero-order valence-corrected chi connectivity index (χ0v) is 8.89.